The number of hydrogen-bond acceptors (Lipinski definition) is 5. The third-order valence-electron chi connectivity index (χ3n) is 10.5. The molecule has 2 saturated carbocycles. The monoisotopic (exact) mass is 532 g/mol. The summed E-state index contributed by atoms with van der Waals surface area (Å²) in [5.41, 5.74) is 0.582. The zero-order chi connectivity index (χ0) is 28.5. The first kappa shape index (κ1) is 25.1. The number of benzene rings is 2. The molecule has 0 amide bonds. The molecule has 0 aromatic heterocycles. The predicted octanol–water partition coefficient (Wildman–Crippen LogP) is 5.84. The molecule has 5 nitrogen and oxygen atoms in total. The summed E-state index contributed by atoms with van der Waals surface area (Å²) in [5.74, 6) is -4.26. The average molecular weight is 533 g/mol. The quantitative estimate of drug-likeness (QED) is 0.500. The molecule has 0 heterocycles. The van der Waals surface area contributed by atoms with Gasteiger partial charge in [0.2, 0.25) is 5.78 Å². The number of aliphatic hydroxyl groups is 1. The van der Waals surface area contributed by atoms with Crippen LogP contribution < -0.4 is 0 Å². The second-order valence-corrected chi connectivity index (χ2v) is 12.7. The Balaban J connectivity index is 1.64. The minimum absolute atomic E-state index is 0.0755. The lowest BCUT2D eigenvalue weighted by atomic mass is 9.50. The maximum atomic E-state index is 14.9. The van der Waals surface area contributed by atoms with Crippen molar-refractivity contribution in [1.82, 2.24) is 0 Å². The van der Waals surface area contributed by atoms with Gasteiger partial charge in [-0.15, -0.1) is 0 Å². The van der Waals surface area contributed by atoms with E-state index in [1.54, 1.807) is 20.8 Å². The van der Waals surface area contributed by atoms with Crippen molar-refractivity contribution in [3.8, 4) is 0 Å². The topological polar surface area (TPSA) is 88.5 Å². The number of rotatable bonds is 4. The van der Waals surface area contributed by atoms with Crippen LogP contribution in [-0.4, -0.2) is 28.2 Å². The summed E-state index contributed by atoms with van der Waals surface area (Å²) in [6.45, 7) is 9.05. The van der Waals surface area contributed by atoms with E-state index in [2.05, 4.69) is 0 Å². The van der Waals surface area contributed by atoms with E-state index in [1.807, 2.05) is 74.5 Å². The zero-order valence-electron chi connectivity index (χ0n) is 23.3. The molecule has 0 aliphatic heterocycles. The van der Waals surface area contributed by atoms with Gasteiger partial charge in [0.15, 0.2) is 23.1 Å². The molecule has 6 atom stereocenters. The van der Waals surface area contributed by atoms with Crippen molar-refractivity contribution < 1.29 is 24.3 Å². The third kappa shape index (κ3) is 2.47. The molecular formula is C35H32O5. The minimum atomic E-state index is -1.48. The van der Waals surface area contributed by atoms with E-state index in [0.29, 0.717) is 16.7 Å². The van der Waals surface area contributed by atoms with E-state index in [4.69, 9.17) is 0 Å². The molecule has 202 valence electrons. The predicted molar refractivity (Wildman–Crippen MR) is 149 cm³/mol. The zero-order valence-corrected chi connectivity index (χ0v) is 23.3. The molecular weight excluding hydrogens is 500 g/mol. The minimum Gasteiger partial charge on any atom is -0.504 e. The first-order valence-corrected chi connectivity index (χ1v) is 14.2. The van der Waals surface area contributed by atoms with Crippen LogP contribution in [0.5, 0.6) is 0 Å². The van der Waals surface area contributed by atoms with Gasteiger partial charge < -0.3 is 5.11 Å². The molecule has 2 aromatic rings. The fourth-order valence-corrected chi connectivity index (χ4v) is 9.48. The summed E-state index contributed by atoms with van der Waals surface area (Å²) in [7, 11) is 0. The standard InChI is InChI=1S/C35H32O5/c1-16(2)21-18(5)28(36)25-24-23(19-12-8-6-9-13-19)31-34(26(24)20-14-10-7-11-15-20)33(40)30(38)22(17(3)4)32(39)35(31,34)27(25)29(21)37/h6-17,23-24,26,31,38H,1-5H3/t23-,24?,26+,31?,34?,35?/m0/s1. The SMILES string of the molecule is CC1=C(C(C)C)C(=O)C2=C(C1=O)C1[C@H](c3ccccc3)C3C24C(=O)C(C(C)C)=C(O)C(=O)C34[C@@H]1c1ccccc1. The van der Waals surface area contributed by atoms with E-state index in [0.717, 1.165) is 11.1 Å². The van der Waals surface area contributed by atoms with Crippen LogP contribution in [0.4, 0.5) is 0 Å². The van der Waals surface area contributed by atoms with Crippen LogP contribution in [0.2, 0.25) is 0 Å². The lowest BCUT2D eigenvalue weighted by Crippen LogP contribution is -2.52. The summed E-state index contributed by atoms with van der Waals surface area (Å²) in [6, 6.07) is 19.3. The second kappa shape index (κ2) is 7.87. The van der Waals surface area contributed by atoms with Crippen molar-refractivity contribution >= 4 is 23.1 Å². The molecule has 1 N–H and O–H groups in total. The van der Waals surface area contributed by atoms with Crippen molar-refractivity contribution in [3.63, 3.8) is 0 Å². The number of aliphatic hydroxyl groups excluding tert-OH is 1. The molecule has 6 aliphatic carbocycles. The summed E-state index contributed by atoms with van der Waals surface area (Å²) in [6.07, 6.45) is 0. The van der Waals surface area contributed by atoms with Crippen molar-refractivity contribution in [2.45, 2.75) is 46.5 Å². The third-order valence-corrected chi connectivity index (χ3v) is 10.5. The summed E-state index contributed by atoms with van der Waals surface area (Å²) >= 11 is 0. The van der Waals surface area contributed by atoms with Gasteiger partial charge in [-0.3, -0.25) is 19.2 Å². The number of hydrogen-bond donors (Lipinski definition) is 1. The van der Waals surface area contributed by atoms with Gasteiger partial charge in [-0.25, -0.2) is 0 Å². The molecule has 2 aromatic carbocycles. The number of ketones is 4. The largest absolute Gasteiger partial charge is 0.504 e. The number of carbonyl (C=O) groups is 4. The Morgan fingerprint density at radius 1 is 0.700 bits per heavy atom. The molecule has 2 spiro atoms. The molecule has 0 radical (unpaired) electrons. The van der Waals surface area contributed by atoms with Gasteiger partial charge in [0.05, 0.1) is 10.8 Å². The Kier molecular flexibility index (Phi) is 4.94. The Morgan fingerprint density at radius 2 is 1.25 bits per heavy atom. The van der Waals surface area contributed by atoms with Crippen molar-refractivity contribution in [3.05, 3.63) is 105 Å². The van der Waals surface area contributed by atoms with Gasteiger partial charge in [0.25, 0.3) is 0 Å². The van der Waals surface area contributed by atoms with Crippen LogP contribution in [-0.2, 0) is 19.2 Å². The van der Waals surface area contributed by atoms with Gasteiger partial charge in [0, 0.05) is 39.7 Å². The van der Waals surface area contributed by atoms with Crippen LogP contribution in [0.3, 0.4) is 0 Å². The Morgan fingerprint density at radius 3 is 1.80 bits per heavy atom. The van der Waals surface area contributed by atoms with E-state index in [1.165, 1.54) is 0 Å². The summed E-state index contributed by atoms with van der Waals surface area (Å²) in [5, 5.41) is 11.4. The fourth-order valence-electron chi connectivity index (χ4n) is 9.48. The normalized spacial score (nSPS) is 34.3. The van der Waals surface area contributed by atoms with Crippen LogP contribution in [0.25, 0.3) is 0 Å². The van der Waals surface area contributed by atoms with E-state index in [-0.39, 0.29) is 40.3 Å². The fraction of sp³-hybridized carbons (Fsp3) is 0.371. The molecule has 4 bridgehead atoms. The molecule has 2 fully saturated rings. The van der Waals surface area contributed by atoms with Crippen LogP contribution >= 0.6 is 0 Å². The molecule has 5 heteroatoms. The highest BCUT2D eigenvalue weighted by Crippen LogP contribution is 2.94. The van der Waals surface area contributed by atoms with E-state index < -0.39 is 46.0 Å². The average Bonchev–Trinajstić information content (AvgIpc) is 3.47. The second-order valence-electron chi connectivity index (χ2n) is 12.7. The Hall–Kier alpha value is -3.86. The van der Waals surface area contributed by atoms with Crippen LogP contribution in [0.1, 0.15) is 57.6 Å². The maximum Gasteiger partial charge on any atom is 0.206 e. The van der Waals surface area contributed by atoms with Crippen LogP contribution in [0.15, 0.2) is 94.3 Å². The lowest BCUT2D eigenvalue weighted by molar-refractivity contribution is -0.135. The molecule has 40 heavy (non-hydrogen) atoms. The van der Waals surface area contributed by atoms with Gasteiger partial charge in [-0.2, -0.15) is 0 Å². The van der Waals surface area contributed by atoms with Crippen LogP contribution in [0, 0.1) is 34.5 Å². The first-order valence-electron chi connectivity index (χ1n) is 14.2. The van der Waals surface area contributed by atoms with Gasteiger partial charge in [-0.05, 0) is 41.7 Å². The van der Waals surface area contributed by atoms with E-state index >= 15 is 0 Å². The Labute approximate surface area is 233 Å². The maximum absolute atomic E-state index is 14.9. The van der Waals surface area contributed by atoms with E-state index in [9.17, 15) is 24.3 Å². The van der Waals surface area contributed by atoms with Crippen molar-refractivity contribution in [1.29, 1.82) is 0 Å². The molecule has 0 saturated heterocycles. The number of Topliss-reactive ketones (excluding diaryl/α,β-unsaturated/α-hetero) is 4. The van der Waals surface area contributed by atoms with Crippen molar-refractivity contribution in [2.24, 2.45) is 34.5 Å². The van der Waals surface area contributed by atoms with Crippen molar-refractivity contribution in [2.75, 3.05) is 0 Å². The van der Waals surface area contributed by atoms with Gasteiger partial charge >= 0.3 is 0 Å². The number of carbonyl (C=O) groups excluding carboxylic acids is 4. The van der Waals surface area contributed by atoms with Gasteiger partial charge in [-0.1, -0.05) is 88.4 Å². The molecule has 4 unspecified atom stereocenters. The first-order chi connectivity index (χ1) is 19.1. The lowest BCUT2D eigenvalue weighted by Gasteiger charge is -2.49. The highest BCUT2D eigenvalue weighted by molar-refractivity contribution is 6.34. The highest BCUT2D eigenvalue weighted by atomic mass is 16.3. The summed E-state index contributed by atoms with van der Waals surface area (Å²) < 4.78 is 0. The number of allylic oxidation sites excluding steroid dienone is 6. The van der Waals surface area contributed by atoms with Gasteiger partial charge in [0.1, 0.15) is 0 Å². The molecule has 6 aliphatic rings. The molecule has 8 rings (SSSR count). The highest BCUT2D eigenvalue weighted by Gasteiger charge is 2.97. The smallest absolute Gasteiger partial charge is 0.206 e. The summed E-state index contributed by atoms with van der Waals surface area (Å²) in [4.78, 5) is 58.4. The Bertz CT molecular complexity index is 1650.